The topological polar surface area (TPSA) is 3.24 Å². The summed E-state index contributed by atoms with van der Waals surface area (Å²) in [5.74, 6) is 1.03. The van der Waals surface area contributed by atoms with E-state index in [1.807, 2.05) is 0 Å². The molecule has 0 saturated heterocycles. The Hall–Kier alpha value is 0.310. The zero-order chi connectivity index (χ0) is 9.40. The summed E-state index contributed by atoms with van der Waals surface area (Å²) in [5, 5.41) is 0. The molecule has 0 aliphatic carbocycles. The van der Waals surface area contributed by atoms with Crippen LogP contribution in [0.25, 0.3) is 0 Å². The van der Waals surface area contributed by atoms with Crippen molar-refractivity contribution in [1.82, 2.24) is 4.90 Å². The van der Waals surface area contributed by atoms with Crippen LogP contribution in [0.1, 0.15) is 40.0 Å². The van der Waals surface area contributed by atoms with Gasteiger partial charge in [-0.1, -0.05) is 13.8 Å². The Morgan fingerprint density at radius 1 is 1.25 bits per heavy atom. The van der Waals surface area contributed by atoms with Gasteiger partial charge in [-0.3, -0.25) is 0 Å². The normalized spacial score (nSPS) is 13.8. The molecule has 0 aliphatic rings. The maximum Gasteiger partial charge on any atom is 0.00641 e. The summed E-state index contributed by atoms with van der Waals surface area (Å²) in [6.45, 7) is 9.23. The summed E-state index contributed by atoms with van der Waals surface area (Å²) >= 11 is 4.21. The Labute approximate surface area is 82.9 Å². The van der Waals surface area contributed by atoms with E-state index in [9.17, 15) is 0 Å². The highest BCUT2D eigenvalue weighted by atomic mass is 32.1. The third kappa shape index (κ3) is 5.04. The molecule has 2 heteroatoms. The van der Waals surface area contributed by atoms with Gasteiger partial charge in [0.05, 0.1) is 0 Å². The lowest BCUT2D eigenvalue weighted by atomic mass is 10.2. The molecule has 0 rings (SSSR count). The van der Waals surface area contributed by atoms with Crippen molar-refractivity contribution < 1.29 is 0 Å². The highest BCUT2D eigenvalue weighted by Crippen LogP contribution is 2.05. The minimum absolute atomic E-state index is 0.745. The summed E-state index contributed by atoms with van der Waals surface area (Å²) < 4.78 is 0. The first kappa shape index (κ1) is 12.3. The second-order valence-corrected chi connectivity index (χ2v) is 3.76. The van der Waals surface area contributed by atoms with Gasteiger partial charge in [0, 0.05) is 6.04 Å². The number of unbranched alkanes of at least 4 members (excludes halogenated alkanes) is 1. The molecule has 0 aliphatic heterocycles. The molecule has 0 bridgehead atoms. The Balaban J connectivity index is 3.52. The zero-order valence-corrected chi connectivity index (χ0v) is 9.61. The third-order valence-corrected chi connectivity index (χ3v) is 2.79. The van der Waals surface area contributed by atoms with Crippen molar-refractivity contribution in [3.8, 4) is 0 Å². The Bertz CT molecular complexity index is 95.8. The van der Waals surface area contributed by atoms with E-state index in [2.05, 4.69) is 38.3 Å². The average molecular weight is 189 g/mol. The largest absolute Gasteiger partial charge is 0.301 e. The van der Waals surface area contributed by atoms with Gasteiger partial charge in [-0.2, -0.15) is 12.6 Å². The predicted octanol–water partition coefficient (Wildman–Crippen LogP) is 2.82. The summed E-state index contributed by atoms with van der Waals surface area (Å²) in [4.78, 5) is 2.55. The van der Waals surface area contributed by atoms with Crippen LogP contribution >= 0.6 is 12.6 Å². The van der Waals surface area contributed by atoms with Gasteiger partial charge in [0.25, 0.3) is 0 Å². The van der Waals surface area contributed by atoms with E-state index in [4.69, 9.17) is 0 Å². The van der Waals surface area contributed by atoms with Gasteiger partial charge in [0.1, 0.15) is 0 Å². The van der Waals surface area contributed by atoms with Gasteiger partial charge < -0.3 is 4.90 Å². The van der Waals surface area contributed by atoms with Crippen molar-refractivity contribution in [2.75, 3.05) is 18.8 Å². The maximum absolute atomic E-state index is 4.21. The van der Waals surface area contributed by atoms with Crippen molar-refractivity contribution in [1.29, 1.82) is 0 Å². The van der Waals surface area contributed by atoms with Crippen LogP contribution in [-0.4, -0.2) is 29.8 Å². The van der Waals surface area contributed by atoms with Gasteiger partial charge in [0.2, 0.25) is 0 Å². The highest BCUT2D eigenvalue weighted by molar-refractivity contribution is 7.80. The molecule has 0 radical (unpaired) electrons. The molecular formula is C10H23NS. The third-order valence-electron chi connectivity index (χ3n) is 2.47. The van der Waals surface area contributed by atoms with Crippen molar-refractivity contribution in [2.45, 2.75) is 46.1 Å². The van der Waals surface area contributed by atoms with Gasteiger partial charge >= 0.3 is 0 Å². The van der Waals surface area contributed by atoms with Crippen molar-refractivity contribution in [3.63, 3.8) is 0 Å². The molecule has 0 aromatic rings. The fourth-order valence-electron chi connectivity index (χ4n) is 1.38. The SMILES string of the molecule is CCC(C)N(CC)CCCCS. The molecule has 0 spiro atoms. The minimum Gasteiger partial charge on any atom is -0.301 e. The highest BCUT2D eigenvalue weighted by Gasteiger charge is 2.08. The predicted molar refractivity (Wildman–Crippen MR) is 60.1 cm³/mol. The standard InChI is InChI=1S/C10H23NS/c1-4-10(3)11(5-2)8-6-7-9-12/h10,12H,4-9H2,1-3H3. The van der Waals surface area contributed by atoms with E-state index in [0.717, 1.165) is 11.8 Å². The van der Waals surface area contributed by atoms with E-state index in [1.165, 1.54) is 32.4 Å². The first-order valence-electron chi connectivity index (χ1n) is 5.11. The Kier molecular flexibility index (Phi) is 8.14. The first-order valence-corrected chi connectivity index (χ1v) is 5.74. The van der Waals surface area contributed by atoms with E-state index < -0.39 is 0 Å². The van der Waals surface area contributed by atoms with Crippen LogP contribution in [0.15, 0.2) is 0 Å². The number of rotatable bonds is 7. The molecule has 12 heavy (non-hydrogen) atoms. The maximum atomic E-state index is 4.21. The molecule has 0 amide bonds. The van der Waals surface area contributed by atoms with Crippen LogP contribution in [0, 0.1) is 0 Å². The second-order valence-electron chi connectivity index (χ2n) is 3.32. The molecule has 0 heterocycles. The number of nitrogens with zero attached hydrogens (tertiary/aromatic N) is 1. The fourth-order valence-corrected chi connectivity index (χ4v) is 1.60. The van der Waals surface area contributed by atoms with Gasteiger partial charge in [-0.05, 0) is 45.0 Å². The van der Waals surface area contributed by atoms with Gasteiger partial charge in [0.15, 0.2) is 0 Å². The lowest BCUT2D eigenvalue weighted by molar-refractivity contribution is 0.212. The second kappa shape index (κ2) is 7.93. The fraction of sp³-hybridized carbons (Fsp3) is 1.00. The van der Waals surface area contributed by atoms with E-state index in [-0.39, 0.29) is 0 Å². The zero-order valence-electron chi connectivity index (χ0n) is 8.71. The van der Waals surface area contributed by atoms with Crippen LogP contribution in [0.5, 0.6) is 0 Å². The molecule has 74 valence electrons. The number of hydrogen-bond acceptors (Lipinski definition) is 2. The lowest BCUT2D eigenvalue weighted by Gasteiger charge is -2.26. The Morgan fingerprint density at radius 3 is 2.33 bits per heavy atom. The van der Waals surface area contributed by atoms with Crippen molar-refractivity contribution in [3.05, 3.63) is 0 Å². The van der Waals surface area contributed by atoms with E-state index in [1.54, 1.807) is 0 Å². The lowest BCUT2D eigenvalue weighted by Crippen LogP contribution is -2.33. The monoisotopic (exact) mass is 189 g/mol. The average Bonchev–Trinajstić information content (AvgIpc) is 2.11. The van der Waals surface area contributed by atoms with Gasteiger partial charge in [-0.15, -0.1) is 0 Å². The molecule has 1 unspecified atom stereocenters. The molecule has 0 N–H and O–H groups in total. The summed E-state index contributed by atoms with van der Waals surface area (Å²) in [5.41, 5.74) is 0. The molecule has 0 aromatic carbocycles. The molecule has 0 aromatic heterocycles. The minimum atomic E-state index is 0.745. The van der Waals surface area contributed by atoms with Gasteiger partial charge in [-0.25, -0.2) is 0 Å². The van der Waals surface area contributed by atoms with Crippen LogP contribution in [0.2, 0.25) is 0 Å². The van der Waals surface area contributed by atoms with Crippen LogP contribution in [-0.2, 0) is 0 Å². The summed E-state index contributed by atoms with van der Waals surface area (Å²) in [7, 11) is 0. The first-order chi connectivity index (χ1) is 5.76. The van der Waals surface area contributed by atoms with Crippen molar-refractivity contribution >= 4 is 12.6 Å². The summed E-state index contributed by atoms with van der Waals surface area (Å²) in [6, 6.07) is 0.745. The molecular weight excluding hydrogens is 166 g/mol. The van der Waals surface area contributed by atoms with Crippen molar-refractivity contribution in [2.24, 2.45) is 0 Å². The quantitative estimate of drug-likeness (QED) is 0.476. The van der Waals surface area contributed by atoms with E-state index in [0.29, 0.717) is 0 Å². The molecule has 0 fully saturated rings. The molecule has 1 nitrogen and oxygen atoms in total. The summed E-state index contributed by atoms with van der Waals surface area (Å²) in [6.07, 6.45) is 3.80. The van der Waals surface area contributed by atoms with E-state index >= 15 is 0 Å². The smallest absolute Gasteiger partial charge is 0.00641 e. The van der Waals surface area contributed by atoms with Crippen LogP contribution in [0.3, 0.4) is 0 Å². The number of hydrogen-bond donors (Lipinski definition) is 1. The molecule has 0 saturated carbocycles. The van der Waals surface area contributed by atoms with Crippen LogP contribution in [0.4, 0.5) is 0 Å². The van der Waals surface area contributed by atoms with Crippen LogP contribution < -0.4 is 0 Å². The Morgan fingerprint density at radius 2 is 1.92 bits per heavy atom. The number of thiol groups is 1. The molecule has 1 atom stereocenters.